The molecule has 2 aromatic rings. The second kappa shape index (κ2) is 4.14. The minimum atomic E-state index is 0.391. The smallest absolute Gasteiger partial charge is 0.151 e. The molecule has 2 rings (SSSR count). The molecule has 0 aliphatic carbocycles. The Bertz CT molecular complexity index is 556. The standard InChI is InChI=1S/C11H12N4O/c1-2-3-4-9-8(6-16)5-15-10(9)11(12)13-7-14-15/h2-3,5-7H,4H2,1H3,(H2,12,13,14)/b3-2-. The van der Waals surface area contributed by atoms with Crippen molar-refractivity contribution < 1.29 is 4.79 Å². The average Bonchev–Trinajstić information content (AvgIpc) is 2.65. The summed E-state index contributed by atoms with van der Waals surface area (Å²) in [4.78, 5) is 14.9. The van der Waals surface area contributed by atoms with E-state index in [0.717, 1.165) is 11.8 Å². The molecule has 0 radical (unpaired) electrons. The predicted molar refractivity (Wildman–Crippen MR) is 61.3 cm³/mol. The average molecular weight is 216 g/mol. The second-order valence-electron chi connectivity index (χ2n) is 3.39. The van der Waals surface area contributed by atoms with E-state index in [4.69, 9.17) is 5.73 Å². The van der Waals surface area contributed by atoms with Crippen molar-refractivity contribution in [2.24, 2.45) is 0 Å². The first-order valence-corrected chi connectivity index (χ1v) is 4.95. The van der Waals surface area contributed by atoms with E-state index in [1.165, 1.54) is 6.33 Å². The summed E-state index contributed by atoms with van der Waals surface area (Å²) >= 11 is 0. The fourth-order valence-electron chi connectivity index (χ4n) is 1.67. The van der Waals surface area contributed by atoms with Crippen molar-refractivity contribution in [1.82, 2.24) is 14.6 Å². The van der Waals surface area contributed by atoms with Gasteiger partial charge in [-0.15, -0.1) is 0 Å². The van der Waals surface area contributed by atoms with Crippen molar-refractivity contribution in [1.29, 1.82) is 0 Å². The maximum Gasteiger partial charge on any atom is 0.151 e. The molecule has 0 aliphatic heterocycles. The molecule has 0 unspecified atom stereocenters. The molecule has 0 fully saturated rings. The van der Waals surface area contributed by atoms with Crippen LogP contribution in [0.15, 0.2) is 24.7 Å². The monoisotopic (exact) mass is 216 g/mol. The van der Waals surface area contributed by atoms with Gasteiger partial charge in [0.2, 0.25) is 0 Å². The number of hydrogen-bond acceptors (Lipinski definition) is 4. The van der Waals surface area contributed by atoms with Crippen molar-refractivity contribution in [3.05, 3.63) is 35.8 Å². The molecular weight excluding hydrogens is 204 g/mol. The molecule has 0 saturated heterocycles. The van der Waals surface area contributed by atoms with Crippen LogP contribution in [-0.2, 0) is 6.42 Å². The highest BCUT2D eigenvalue weighted by Crippen LogP contribution is 2.21. The van der Waals surface area contributed by atoms with Crippen LogP contribution >= 0.6 is 0 Å². The number of carbonyl (C=O) groups excluding carboxylic acids is 1. The topological polar surface area (TPSA) is 73.3 Å². The van der Waals surface area contributed by atoms with E-state index in [1.54, 1.807) is 10.7 Å². The molecule has 0 aromatic carbocycles. The van der Waals surface area contributed by atoms with Crippen LogP contribution in [-0.4, -0.2) is 20.9 Å². The summed E-state index contributed by atoms with van der Waals surface area (Å²) in [5.74, 6) is 0.391. The van der Waals surface area contributed by atoms with Gasteiger partial charge in [0.05, 0.1) is 0 Å². The molecule has 0 amide bonds. The third-order valence-corrected chi connectivity index (χ3v) is 2.42. The number of hydrogen-bond donors (Lipinski definition) is 1. The highest BCUT2D eigenvalue weighted by atomic mass is 16.1. The molecule has 2 aromatic heterocycles. The van der Waals surface area contributed by atoms with Gasteiger partial charge in [0.1, 0.15) is 11.8 Å². The largest absolute Gasteiger partial charge is 0.382 e. The van der Waals surface area contributed by atoms with Gasteiger partial charge in [-0.25, -0.2) is 9.50 Å². The van der Waals surface area contributed by atoms with E-state index >= 15 is 0 Å². The van der Waals surface area contributed by atoms with Crippen molar-refractivity contribution in [3.63, 3.8) is 0 Å². The Morgan fingerprint density at radius 3 is 3.06 bits per heavy atom. The number of nitrogen functional groups attached to an aromatic ring is 1. The summed E-state index contributed by atoms with van der Waals surface area (Å²) in [5, 5.41) is 4.02. The highest BCUT2D eigenvalue weighted by molar-refractivity contribution is 5.85. The van der Waals surface area contributed by atoms with E-state index in [-0.39, 0.29) is 0 Å². The van der Waals surface area contributed by atoms with Gasteiger partial charge in [0, 0.05) is 11.8 Å². The third-order valence-electron chi connectivity index (χ3n) is 2.42. The Hall–Kier alpha value is -2.17. The van der Waals surface area contributed by atoms with Crippen molar-refractivity contribution >= 4 is 17.6 Å². The quantitative estimate of drug-likeness (QED) is 0.619. The van der Waals surface area contributed by atoms with E-state index in [0.29, 0.717) is 23.3 Å². The first-order chi connectivity index (χ1) is 7.77. The number of carbonyl (C=O) groups is 1. The minimum Gasteiger partial charge on any atom is -0.382 e. The number of rotatable bonds is 3. The van der Waals surface area contributed by atoms with Crippen LogP contribution in [0.5, 0.6) is 0 Å². The van der Waals surface area contributed by atoms with Crippen LogP contribution in [0.1, 0.15) is 22.8 Å². The maximum absolute atomic E-state index is 10.9. The lowest BCUT2D eigenvalue weighted by Gasteiger charge is -1.99. The summed E-state index contributed by atoms with van der Waals surface area (Å²) in [6.07, 6.45) is 8.40. The fraction of sp³-hybridized carbons (Fsp3) is 0.182. The van der Waals surface area contributed by atoms with Crippen molar-refractivity contribution in [2.45, 2.75) is 13.3 Å². The van der Waals surface area contributed by atoms with Crippen LogP contribution < -0.4 is 5.73 Å². The zero-order valence-corrected chi connectivity index (χ0v) is 8.92. The number of anilines is 1. The van der Waals surface area contributed by atoms with Gasteiger partial charge in [0.25, 0.3) is 0 Å². The van der Waals surface area contributed by atoms with Crippen molar-refractivity contribution in [2.75, 3.05) is 5.73 Å². The molecule has 0 saturated carbocycles. The summed E-state index contributed by atoms with van der Waals surface area (Å²) in [6, 6.07) is 0. The van der Waals surface area contributed by atoms with Gasteiger partial charge in [0.15, 0.2) is 12.1 Å². The van der Waals surface area contributed by atoms with Gasteiger partial charge >= 0.3 is 0 Å². The molecular formula is C11H12N4O. The Morgan fingerprint density at radius 2 is 2.38 bits per heavy atom. The van der Waals surface area contributed by atoms with Gasteiger partial charge in [-0.05, 0) is 18.9 Å². The number of fused-ring (bicyclic) bond motifs is 1. The van der Waals surface area contributed by atoms with E-state index in [9.17, 15) is 4.79 Å². The molecule has 16 heavy (non-hydrogen) atoms. The van der Waals surface area contributed by atoms with E-state index < -0.39 is 0 Å². The Morgan fingerprint density at radius 1 is 1.56 bits per heavy atom. The first kappa shape index (κ1) is 10.4. The molecule has 0 bridgehead atoms. The molecule has 2 N–H and O–H groups in total. The number of aromatic nitrogens is 3. The first-order valence-electron chi connectivity index (χ1n) is 4.95. The second-order valence-corrected chi connectivity index (χ2v) is 3.39. The molecule has 5 heteroatoms. The lowest BCUT2D eigenvalue weighted by molar-refractivity contribution is 0.112. The molecule has 0 aliphatic rings. The molecule has 0 atom stereocenters. The maximum atomic E-state index is 10.9. The minimum absolute atomic E-state index is 0.391. The summed E-state index contributed by atoms with van der Waals surface area (Å²) in [7, 11) is 0. The SMILES string of the molecule is C/C=C\Cc1c(C=O)cn2ncnc(N)c12. The van der Waals surface area contributed by atoms with Crippen LogP contribution in [0.4, 0.5) is 5.82 Å². The van der Waals surface area contributed by atoms with Crippen LogP contribution in [0, 0.1) is 0 Å². The van der Waals surface area contributed by atoms with Crippen LogP contribution in [0.3, 0.4) is 0 Å². The third kappa shape index (κ3) is 1.56. The Labute approximate surface area is 92.6 Å². The van der Waals surface area contributed by atoms with E-state index in [2.05, 4.69) is 10.1 Å². The zero-order valence-electron chi connectivity index (χ0n) is 8.92. The lowest BCUT2D eigenvalue weighted by Crippen LogP contribution is -1.99. The predicted octanol–water partition coefficient (Wildman–Crippen LogP) is 1.24. The van der Waals surface area contributed by atoms with Crippen molar-refractivity contribution in [3.8, 4) is 0 Å². The zero-order chi connectivity index (χ0) is 11.5. The van der Waals surface area contributed by atoms with Crippen LogP contribution in [0.2, 0.25) is 0 Å². The highest BCUT2D eigenvalue weighted by Gasteiger charge is 2.12. The normalized spacial score (nSPS) is 11.3. The van der Waals surface area contributed by atoms with Gasteiger partial charge in [-0.1, -0.05) is 12.2 Å². The van der Waals surface area contributed by atoms with Crippen LogP contribution in [0.25, 0.3) is 5.52 Å². The van der Waals surface area contributed by atoms with E-state index in [1.807, 2.05) is 19.1 Å². The summed E-state index contributed by atoms with van der Waals surface area (Å²) < 4.78 is 1.59. The molecule has 82 valence electrons. The summed E-state index contributed by atoms with van der Waals surface area (Å²) in [5.41, 5.74) is 7.96. The molecule has 0 spiro atoms. The lowest BCUT2D eigenvalue weighted by atomic mass is 10.1. The Balaban J connectivity index is 2.70. The van der Waals surface area contributed by atoms with Gasteiger partial charge < -0.3 is 5.73 Å². The molecule has 2 heterocycles. The number of allylic oxidation sites excluding steroid dienone is 2. The Kier molecular flexibility index (Phi) is 2.68. The van der Waals surface area contributed by atoms with Gasteiger partial charge in [-0.3, -0.25) is 4.79 Å². The number of nitrogens with zero attached hydrogens (tertiary/aromatic N) is 3. The summed E-state index contributed by atoms with van der Waals surface area (Å²) in [6.45, 7) is 1.93. The number of nitrogens with two attached hydrogens (primary N) is 1. The fourth-order valence-corrected chi connectivity index (χ4v) is 1.67. The number of aldehydes is 1. The van der Waals surface area contributed by atoms with Gasteiger partial charge in [-0.2, -0.15) is 5.10 Å². The molecule has 5 nitrogen and oxygen atoms in total.